The molecule has 0 unspecified atom stereocenters. The molecule has 0 saturated heterocycles. The highest BCUT2D eigenvalue weighted by Crippen LogP contribution is 2.61. The summed E-state index contributed by atoms with van der Waals surface area (Å²) >= 11 is 0. The van der Waals surface area contributed by atoms with Gasteiger partial charge < -0.3 is 0 Å². The van der Waals surface area contributed by atoms with Gasteiger partial charge >= 0.3 is 0 Å². The van der Waals surface area contributed by atoms with E-state index in [0.717, 1.165) is 0 Å². The summed E-state index contributed by atoms with van der Waals surface area (Å²) in [5.41, 5.74) is 0. The maximum atomic E-state index is 2.40. The van der Waals surface area contributed by atoms with Gasteiger partial charge in [-0.3, -0.25) is 0 Å². The van der Waals surface area contributed by atoms with Crippen LogP contribution in [0.4, 0.5) is 0 Å². The number of unbranched alkanes of at least 4 members (excludes halogenated alkanes) is 4. The Kier molecular flexibility index (Phi) is 13.2. The molecule has 0 aromatic rings. The lowest BCUT2D eigenvalue weighted by atomic mass is 10.4. The molecule has 0 nitrogen and oxygen atoms in total. The Morgan fingerprint density at radius 3 is 1.33 bits per heavy atom. The first-order valence-corrected chi connectivity index (χ1v) is 11.8. The van der Waals surface area contributed by atoms with Gasteiger partial charge in [0.25, 0.3) is 0 Å². The Bertz CT molecular complexity index is 147. The van der Waals surface area contributed by atoms with Crippen molar-refractivity contribution in [1.82, 2.24) is 0 Å². The fraction of sp³-hybridized carbons (Fsp3) is 1.00. The molecule has 0 spiro atoms. The molecule has 0 radical (unpaired) electrons. The Morgan fingerprint density at radius 2 is 1.00 bits per heavy atom. The van der Waals surface area contributed by atoms with Crippen molar-refractivity contribution in [3.05, 3.63) is 0 Å². The van der Waals surface area contributed by atoms with Gasteiger partial charge in [0.2, 0.25) is 0 Å². The molecule has 0 bridgehead atoms. The monoisotopic (exact) mass is 292 g/mol. The fourth-order valence-corrected chi connectivity index (χ4v) is 9.79. The summed E-state index contributed by atoms with van der Waals surface area (Å²) in [5.74, 6) is 6.04. The van der Waals surface area contributed by atoms with Crippen LogP contribution in [-0.4, -0.2) is 23.0 Å². The van der Waals surface area contributed by atoms with Crippen LogP contribution in [0.1, 0.15) is 79.1 Å². The van der Waals surface area contributed by atoms with E-state index in [1.165, 1.54) is 74.4 Å². The summed E-state index contributed by atoms with van der Waals surface area (Å²) in [5, 5.41) is 0. The van der Waals surface area contributed by atoms with Crippen molar-refractivity contribution in [2.24, 2.45) is 0 Å². The first-order valence-electron chi connectivity index (χ1n) is 8.15. The molecule has 0 atom stereocenters. The minimum absolute atomic E-state index is 0.339. The molecule has 112 valence electrons. The second-order valence-electron chi connectivity index (χ2n) is 5.31. The van der Waals surface area contributed by atoms with Gasteiger partial charge in [0.05, 0.1) is 0 Å². The lowest BCUT2D eigenvalue weighted by Gasteiger charge is -2.40. The van der Waals surface area contributed by atoms with Gasteiger partial charge in [0.1, 0.15) is 0 Å². The van der Waals surface area contributed by atoms with Gasteiger partial charge in [-0.15, -0.1) is 10.8 Å². The highest BCUT2D eigenvalue weighted by molar-refractivity contribution is 8.94. The van der Waals surface area contributed by atoms with E-state index < -0.39 is 0 Å². The zero-order valence-corrected chi connectivity index (χ0v) is 14.9. The van der Waals surface area contributed by atoms with Crippen LogP contribution in [-0.2, 0) is 0 Å². The molecule has 0 heterocycles. The molecule has 0 aliphatic heterocycles. The van der Waals surface area contributed by atoms with E-state index in [4.69, 9.17) is 0 Å². The van der Waals surface area contributed by atoms with Gasteiger partial charge in [-0.05, 0) is 42.9 Å². The molecular weight excluding hydrogens is 256 g/mol. The lowest BCUT2D eigenvalue weighted by molar-refractivity contribution is 0.853. The summed E-state index contributed by atoms with van der Waals surface area (Å²) in [6, 6.07) is 0. The summed E-state index contributed by atoms with van der Waals surface area (Å²) in [6.45, 7) is 9.36. The fourth-order valence-electron chi connectivity index (χ4n) is 2.09. The van der Waals surface area contributed by atoms with E-state index >= 15 is 0 Å². The molecule has 0 rings (SSSR count). The Balaban J connectivity index is 4.41. The summed E-state index contributed by atoms with van der Waals surface area (Å²) in [4.78, 5) is 0. The highest BCUT2D eigenvalue weighted by atomic mass is 33.2. The van der Waals surface area contributed by atoms with Crippen molar-refractivity contribution in [3.63, 3.8) is 0 Å². The largest absolute Gasteiger partial charge is 0.193 e. The third-order valence-electron chi connectivity index (χ3n) is 3.44. The van der Waals surface area contributed by atoms with Crippen LogP contribution < -0.4 is 0 Å². The first-order chi connectivity index (χ1) is 8.74. The molecule has 0 aliphatic rings. The molecule has 0 N–H and O–H groups in total. The third kappa shape index (κ3) is 8.74. The number of hydrogen-bond donors (Lipinski definition) is 0. The van der Waals surface area contributed by atoms with Gasteiger partial charge in [-0.25, -0.2) is 0 Å². The maximum Gasteiger partial charge on any atom is 0.00219 e. The topological polar surface area (TPSA) is 0 Å². The lowest BCUT2D eigenvalue weighted by Crippen LogP contribution is -2.11. The molecule has 18 heavy (non-hydrogen) atoms. The quantitative estimate of drug-likeness (QED) is 0.271. The van der Waals surface area contributed by atoms with Crippen LogP contribution in [0.15, 0.2) is 0 Å². The van der Waals surface area contributed by atoms with Crippen LogP contribution in [0.5, 0.6) is 0 Å². The molecule has 0 aliphatic carbocycles. The molecule has 0 saturated carbocycles. The second-order valence-corrected chi connectivity index (χ2v) is 11.9. The van der Waals surface area contributed by atoms with E-state index in [-0.39, 0.29) is 9.06 Å². The van der Waals surface area contributed by atoms with Gasteiger partial charge in [0, 0.05) is 5.75 Å². The summed E-state index contributed by atoms with van der Waals surface area (Å²) < 4.78 is 0. The average Bonchev–Trinajstić information content (AvgIpc) is 2.40. The molecule has 0 fully saturated rings. The van der Waals surface area contributed by atoms with Crippen molar-refractivity contribution >= 4 is 19.9 Å². The Hall–Kier alpha value is 0.700. The van der Waals surface area contributed by atoms with Crippen molar-refractivity contribution in [3.8, 4) is 0 Å². The van der Waals surface area contributed by atoms with Gasteiger partial charge in [-0.1, -0.05) is 53.4 Å². The molecular formula is C16H36S2. The van der Waals surface area contributed by atoms with Crippen molar-refractivity contribution in [2.75, 3.05) is 23.0 Å². The molecule has 0 aromatic heterocycles. The van der Waals surface area contributed by atoms with Gasteiger partial charge in [-0.2, -0.15) is 9.06 Å². The average molecular weight is 293 g/mol. The predicted molar refractivity (Wildman–Crippen MR) is 94.3 cm³/mol. The van der Waals surface area contributed by atoms with Crippen LogP contribution in [0, 0.1) is 0 Å². The van der Waals surface area contributed by atoms with Crippen LogP contribution in [0.3, 0.4) is 0 Å². The SMILES string of the molecule is CCCCSS(CCCC)(CCCC)CCCC. The summed E-state index contributed by atoms with van der Waals surface area (Å²) in [7, 11) is 2.06. The minimum Gasteiger partial charge on any atom is -0.193 e. The Morgan fingerprint density at radius 1 is 0.611 bits per heavy atom. The highest BCUT2D eigenvalue weighted by Gasteiger charge is 2.22. The van der Waals surface area contributed by atoms with Gasteiger partial charge in [0.15, 0.2) is 0 Å². The zero-order valence-electron chi connectivity index (χ0n) is 13.3. The van der Waals surface area contributed by atoms with E-state index in [1.54, 1.807) is 0 Å². The van der Waals surface area contributed by atoms with E-state index in [2.05, 4.69) is 38.5 Å². The third-order valence-corrected chi connectivity index (χ3v) is 11.0. The van der Waals surface area contributed by atoms with Crippen molar-refractivity contribution < 1.29 is 0 Å². The molecule has 0 amide bonds. The summed E-state index contributed by atoms with van der Waals surface area (Å²) in [6.07, 6.45) is 11.3. The first kappa shape index (κ1) is 18.7. The van der Waals surface area contributed by atoms with Crippen LogP contribution in [0.2, 0.25) is 0 Å². The number of rotatable bonds is 13. The van der Waals surface area contributed by atoms with Crippen LogP contribution in [0.25, 0.3) is 0 Å². The van der Waals surface area contributed by atoms with E-state index in [9.17, 15) is 0 Å². The molecule has 0 aromatic carbocycles. The molecule has 2 heteroatoms. The predicted octanol–water partition coefficient (Wildman–Crippen LogP) is 6.64. The van der Waals surface area contributed by atoms with Crippen LogP contribution >= 0.6 is 19.9 Å². The zero-order chi connectivity index (χ0) is 13.7. The normalized spacial score (nSPS) is 12.9. The Labute approximate surface area is 122 Å². The maximum absolute atomic E-state index is 2.40. The minimum atomic E-state index is -0.339. The van der Waals surface area contributed by atoms with Crippen molar-refractivity contribution in [2.45, 2.75) is 79.1 Å². The van der Waals surface area contributed by atoms with Crippen molar-refractivity contribution in [1.29, 1.82) is 0 Å². The standard InChI is InChI=1S/C16H36S2/c1-5-9-13-17-18(14-10-6-2,15-11-7-3)16-12-8-4/h5-16H2,1-4H3. The smallest absolute Gasteiger partial charge is 0.00219 e. The number of hydrogen-bond acceptors (Lipinski definition) is 1. The van der Waals surface area contributed by atoms with E-state index in [0.29, 0.717) is 0 Å². The second kappa shape index (κ2) is 12.7. The van der Waals surface area contributed by atoms with E-state index in [1.807, 2.05) is 0 Å².